The van der Waals surface area contributed by atoms with Gasteiger partial charge in [0.1, 0.15) is 5.60 Å². The van der Waals surface area contributed by atoms with Crippen molar-refractivity contribution >= 4 is 6.09 Å². The van der Waals surface area contributed by atoms with Crippen LogP contribution in [0.3, 0.4) is 0 Å². The molecule has 5 nitrogen and oxygen atoms in total. The van der Waals surface area contributed by atoms with Gasteiger partial charge in [-0.05, 0) is 33.6 Å². The van der Waals surface area contributed by atoms with E-state index >= 15 is 0 Å². The SMILES string of the molecule is CCCN(CCNC(CC)COC)C(=O)OC(C)(C)C. The van der Waals surface area contributed by atoms with E-state index in [0.29, 0.717) is 19.2 Å². The molecule has 0 fully saturated rings. The van der Waals surface area contributed by atoms with Gasteiger partial charge in [0.05, 0.1) is 6.61 Å². The van der Waals surface area contributed by atoms with Gasteiger partial charge < -0.3 is 19.7 Å². The molecule has 0 saturated carbocycles. The summed E-state index contributed by atoms with van der Waals surface area (Å²) in [6.45, 7) is 12.7. The summed E-state index contributed by atoms with van der Waals surface area (Å²) in [6.07, 6.45) is 1.70. The molecule has 0 saturated heterocycles. The van der Waals surface area contributed by atoms with Crippen LogP contribution < -0.4 is 5.32 Å². The Balaban J connectivity index is 4.23. The zero-order valence-corrected chi connectivity index (χ0v) is 14.0. The zero-order valence-electron chi connectivity index (χ0n) is 14.0. The number of carbonyl (C=O) groups is 1. The first-order chi connectivity index (χ1) is 9.34. The fourth-order valence-electron chi connectivity index (χ4n) is 1.82. The molecule has 0 aliphatic heterocycles. The van der Waals surface area contributed by atoms with Gasteiger partial charge >= 0.3 is 6.09 Å². The van der Waals surface area contributed by atoms with Crippen LogP contribution in [0.25, 0.3) is 0 Å². The third-order valence-electron chi connectivity index (χ3n) is 2.82. The van der Waals surface area contributed by atoms with Crippen LogP contribution in [0.5, 0.6) is 0 Å². The molecule has 0 aliphatic carbocycles. The van der Waals surface area contributed by atoms with Crippen molar-refractivity contribution in [3.8, 4) is 0 Å². The van der Waals surface area contributed by atoms with Crippen LogP contribution in [0, 0.1) is 0 Å². The molecule has 5 heteroatoms. The molecule has 0 radical (unpaired) electrons. The summed E-state index contributed by atoms with van der Waals surface area (Å²) in [7, 11) is 1.70. The molecule has 0 aromatic carbocycles. The van der Waals surface area contributed by atoms with E-state index in [0.717, 1.165) is 25.9 Å². The topological polar surface area (TPSA) is 50.8 Å². The minimum absolute atomic E-state index is 0.235. The quantitative estimate of drug-likeness (QED) is 0.708. The molecule has 0 spiro atoms. The minimum atomic E-state index is -0.446. The minimum Gasteiger partial charge on any atom is -0.444 e. The van der Waals surface area contributed by atoms with Crippen LogP contribution >= 0.6 is 0 Å². The van der Waals surface area contributed by atoms with Crippen LogP contribution in [0.2, 0.25) is 0 Å². The van der Waals surface area contributed by atoms with Crippen molar-refractivity contribution in [2.45, 2.75) is 59.1 Å². The van der Waals surface area contributed by atoms with Gasteiger partial charge in [-0.15, -0.1) is 0 Å². The van der Waals surface area contributed by atoms with Gasteiger partial charge in [0.2, 0.25) is 0 Å². The summed E-state index contributed by atoms with van der Waals surface area (Å²) in [5, 5.41) is 3.40. The van der Waals surface area contributed by atoms with Crippen molar-refractivity contribution in [2.24, 2.45) is 0 Å². The van der Waals surface area contributed by atoms with Gasteiger partial charge in [-0.1, -0.05) is 13.8 Å². The summed E-state index contributed by atoms with van der Waals surface area (Å²) >= 11 is 0. The highest BCUT2D eigenvalue weighted by Crippen LogP contribution is 2.10. The van der Waals surface area contributed by atoms with Gasteiger partial charge in [0, 0.05) is 32.8 Å². The smallest absolute Gasteiger partial charge is 0.410 e. The fourth-order valence-corrected chi connectivity index (χ4v) is 1.82. The number of methoxy groups -OCH3 is 1. The predicted octanol–water partition coefficient (Wildman–Crippen LogP) is 2.65. The Kier molecular flexibility index (Phi) is 9.59. The molecular weight excluding hydrogens is 256 g/mol. The first-order valence-electron chi connectivity index (χ1n) is 7.54. The highest BCUT2D eigenvalue weighted by molar-refractivity contribution is 5.68. The number of ether oxygens (including phenoxy) is 2. The number of nitrogens with one attached hydrogen (secondary N) is 1. The van der Waals surface area contributed by atoms with E-state index in [9.17, 15) is 4.79 Å². The van der Waals surface area contributed by atoms with Gasteiger partial charge in [-0.2, -0.15) is 0 Å². The number of hydrogen-bond donors (Lipinski definition) is 1. The number of nitrogens with zero attached hydrogens (tertiary/aromatic N) is 1. The molecule has 0 aliphatic rings. The second-order valence-electron chi connectivity index (χ2n) is 5.98. The highest BCUT2D eigenvalue weighted by atomic mass is 16.6. The number of hydrogen-bond acceptors (Lipinski definition) is 4. The Morgan fingerprint density at radius 3 is 2.35 bits per heavy atom. The van der Waals surface area contributed by atoms with Crippen LogP contribution in [0.15, 0.2) is 0 Å². The van der Waals surface area contributed by atoms with E-state index in [1.807, 2.05) is 20.8 Å². The van der Waals surface area contributed by atoms with Crippen molar-refractivity contribution in [1.82, 2.24) is 10.2 Å². The number of carbonyl (C=O) groups excluding carboxylic acids is 1. The van der Waals surface area contributed by atoms with Gasteiger partial charge in [0.15, 0.2) is 0 Å². The number of amides is 1. The van der Waals surface area contributed by atoms with E-state index < -0.39 is 5.60 Å². The average Bonchev–Trinajstić information content (AvgIpc) is 2.34. The van der Waals surface area contributed by atoms with Gasteiger partial charge in [-0.25, -0.2) is 4.79 Å². The summed E-state index contributed by atoms with van der Waals surface area (Å²) < 4.78 is 10.6. The zero-order chi connectivity index (χ0) is 15.6. The maximum absolute atomic E-state index is 12.1. The third-order valence-corrected chi connectivity index (χ3v) is 2.82. The Morgan fingerprint density at radius 2 is 1.90 bits per heavy atom. The van der Waals surface area contributed by atoms with Crippen molar-refractivity contribution < 1.29 is 14.3 Å². The molecule has 0 bridgehead atoms. The monoisotopic (exact) mass is 288 g/mol. The lowest BCUT2D eigenvalue weighted by Crippen LogP contribution is -2.43. The maximum atomic E-state index is 12.1. The molecule has 1 unspecified atom stereocenters. The summed E-state index contributed by atoms with van der Waals surface area (Å²) in [5.41, 5.74) is -0.446. The molecule has 1 atom stereocenters. The Bertz CT molecular complexity index is 264. The maximum Gasteiger partial charge on any atom is 0.410 e. The van der Waals surface area contributed by atoms with Crippen molar-refractivity contribution in [1.29, 1.82) is 0 Å². The van der Waals surface area contributed by atoms with Crippen molar-refractivity contribution in [2.75, 3.05) is 33.4 Å². The Hall–Kier alpha value is -0.810. The van der Waals surface area contributed by atoms with Crippen molar-refractivity contribution in [3.05, 3.63) is 0 Å². The molecule has 0 rings (SSSR count). The molecule has 1 N–H and O–H groups in total. The lowest BCUT2D eigenvalue weighted by molar-refractivity contribution is 0.0249. The summed E-state index contributed by atoms with van der Waals surface area (Å²) in [4.78, 5) is 13.8. The largest absolute Gasteiger partial charge is 0.444 e. The summed E-state index contributed by atoms with van der Waals surface area (Å²) in [6, 6.07) is 0.335. The van der Waals surface area contributed by atoms with E-state index in [1.54, 1.807) is 12.0 Å². The second-order valence-corrected chi connectivity index (χ2v) is 5.98. The molecule has 120 valence electrons. The van der Waals surface area contributed by atoms with Crippen LogP contribution in [-0.4, -0.2) is 56.0 Å². The van der Waals surface area contributed by atoms with E-state index in [-0.39, 0.29) is 6.09 Å². The highest BCUT2D eigenvalue weighted by Gasteiger charge is 2.21. The Labute approximate surface area is 124 Å². The molecule has 1 amide bonds. The first kappa shape index (κ1) is 19.2. The second kappa shape index (κ2) is 10.00. The van der Waals surface area contributed by atoms with Gasteiger partial charge in [0.25, 0.3) is 0 Å². The first-order valence-corrected chi connectivity index (χ1v) is 7.54. The van der Waals surface area contributed by atoms with Crippen molar-refractivity contribution in [3.63, 3.8) is 0 Å². The molecule has 0 aromatic rings. The predicted molar refractivity (Wildman–Crippen MR) is 82.1 cm³/mol. The standard InChI is InChI=1S/C15H32N2O3/c1-7-10-17(14(18)20-15(3,4)5)11-9-16-13(8-2)12-19-6/h13,16H,7-12H2,1-6H3. The normalized spacial score (nSPS) is 13.1. The average molecular weight is 288 g/mol. The number of rotatable bonds is 9. The summed E-state index contributed by atoms with van der Waals surface area (Å²) in [5.74, 6) is 0. The van der Waals surface area contributed by atoms with E-state index in [4.69, 9.17) is 9.47 Å². The fraction of sp³-hybridized carbons (Fsp3) is 0.933. The lowest BCUT2D eigenvalue weighted by atomic mass is 10.2. The van der Waals surface area contributed by atoms with Crippen LogP contribution in [0.4, 0.5) is 4.79 Å². The molecular formula is C15H32N2O3. The molecule has 0 aromatic heterocycles. The Morgan fingerprint density at radius 1 is 1.25 bits per heavy atom. The molecule has 20 heavy (non-hydrogen) atoms. The third kappa shape index (κ3) is 9.15. The van der Waals surface area contributed by atoms with E-state index in [1.165, 1.54) is 0 Å². The lowest BCUT2D eigenvalue weighted by Gasteiger charge is -2.28. The van der Waals surface area contributed by atoms with Gasteiger partial charge in [-0.3, -0.25) is 0 Å². The van der Waals surface area contributed by atoms with E-state index in [2.05, 4.69) is 19.2 Å². The molecule has 0 heterocycles. The van der Waals surface area contributed by atoms with Crippen LogP contribution in [-0.2, 0) is 9.47 Å². The van der Waals surface area contributed by atoms with Crippen LogP contribution in [0.1, 0.15) is 47.5 Å².